The number of hydrogen-bond donors (Lipinski definition) is 1. The first-order chi connectivity index (χ1) is 13.3. The van der Waals surface area contributed by atoms with Gasteiger partial charge in [0.15, 0.2) is 0 Å². The highest BCUT2D eigenvalue weighted by molar-refractivity contribution is 5.93. The van der Waals surface area contributed by atoms with Gasteiger partial charge in [-0.25, -0.2) is 4.79 Å². The Labute approximate surface area is 160 Å². The van der Waals surface area contributed by atoms with Gasteiger partial charge in [0.1, 0.15) is 5.76 Å². The maximum Gasteiger partial charge on any atom is 0.321 e. The molecule has 2 fully saturated rings. The minimum Gasteiger partial charge on any atom is -0.468 e. The lowest BCUT2D eigenvalue weighted by Gasteiger charge is -2.35. The van der Waals surface area contributed by atoms with E-state index in [4.69, 9.17) is 4.42 Å². The van der Waals surface area contributed by atoms with Crippen molar-refractivity contribution in [1.29, 1.82) is 0 Å². The van der Waals surface area contributed by atoms with Crippen LogP contribution in [0.1, 0.15) is 25.0 Å². The summed E-state index contributed by atoms with van der Waals surface area (Å²) in [6.45, 7) is 6.14. The number of benzene rings is 1. The molecule has 2 aromatic rings. The second-order valence-electron chi connectivity index (χ2n) is 7.34. The second-order valence-corrected chi connectivity index (χ2v) is 7.34. The summed E-state index contributed by atoms with van der Waals surface area (Å²) in [4.78, 5) is 19.4. The fraction of sp³-hybridized carbons (Fsp3) is 0.476. The van der Waals surface area contributed by atoms with Crippen molar-refractivity contribution < 1.29 is 9.21 Å². The van der Waals surface area contributed by atoms with Gasteiger partial charge < -0.3 is 19.5 Å². The van der Waals surface area contributed by atoms with Gasteiger partial charge in [-0.3, -0.25) is 4.90 Å². The molecule has 144 valence electrons. The van der Waals surface area contributed by atoms with Crippen LogP contribution in [0.4, 0.5) is 16.2 Å². The lowest BCUT2D eigenvalue weighted by Crippen LogP contribution is -2.49. The van der Waals surface area contributed by atoms with Crippen molar-refractivity contribution in [3.8, 4) is 0 Å². The van der Waals surface area contributed by atoms with E-state index >= 15 is 0 Å². The molecule has 0 saturated carbocycles. The molecule has 0 aliphatic carbocycles. The topological polar surface area (TPSA) is 52.0 Å². The standard InChI is InChI=1S/C21H28N4O2/c26-21(25-14-12-23(13-15-25)17-18-7-6-16-27-18)22-19-8-2-3-9-20(19)24-10-4-1-5-11-24/h2-3,6-9,16H,1,4-5,10-15,17H2,(H,22,26). The van der Waals surface area contributed by atoms with Crippen LogP contribution in [-0.4, -0.2) is 55.1 Å². The number of furan rings is 1. The van der Waals surface area contributed by atoms with Crippen molar-refractivity contribution in [1.82, 2.24) is 9.80 Å². The Hall–Kier alpha value is -2.47. The number of piperidine rings is 1. The number of nitrogens with zero attached hydrogens (tertiary/aromatic N) is 3. The van der Waals surface area contributed by atoms with Gasteiger partial charge in [-0.15, -0.1) is 0 Å². The SMILES string of the molecule is O=C(Nc1ccccc1N1CCCCC1)N1CCN(Cc2ccco2)CC1. The highest BCUT2D eigenvalue weighted by Gasteiger charge is 2.23. The van der Waals surface area contributed by atoms with Gasteiger partial charge in [0, 0.05) is 39.3 Å². The van der Waals surface area contributed by atoms with Gasteiger partial charge in [-0.2, -0.15) is 0 Å². The third-order valence-electron chi connectivity index (χ3n) is 5.46. The Morgan fingerprint density at radius 3 is 2.44 bits per heavy atom. The molecular formula is C21H28N4O2. The molecule has 2 aliphatic heterocycles. The van der Waals surface area contributed by atoms with E-state index in [1.54, 1.807) is 6.26 Å². The van der Waals surface area contributed by atoms with Crippen LogP contribution < -0.4 is 10.2 Å². The molecular weight excluding hydrogens is 340 g/mol. The number of piperazine rings is 1. The summed E-state index contributed by atoms with van der Waals surface area (Å²) in [7, 11) is 0. The third-order valence-corrected chi connectivity index (χ3v) is 5.46. The molecule has 2 amide bonds. The van der Waals surface area contributed by atoms with Gasteiger partial charge in [0.2, 0.25) is 0 Å². The molecule has 0 bridgehead atoms. The Bertz CT molecular complexity index is 732. The lowest BCUT2D eigenvalue weighted by atomic mass is 10.1. The zero-order valence-corrected chi connectivity index (χ0v) is 15.8. The van der Waals surface area contributed by atoms with E-state index in [2.05, 4.69) is 21.2 Å². The van der Waals surface area contributed by atoms with Crippen LogP contribution in [-0.2, 0) is 6.54 Å². The van der Waals surface area contributed by atoms with Crippen LogP contribution in [0.2, 0.25) is 0 Å². The number of urea groups is 1. The molecule has 1 aromatic heterocycles. The number of carbonyl (C=O) groups is 1. The van der Waals surface area contributed by atoms with E-state index < -0.39 is 0 Å². The summed E-state index contributed by atoms with van der Waals surface area (Å²) in [6.07, 6.45) is 5.45. The normalized spacial score (nSPS) is 18.5. The monoisotopic (exact) mass is 368 g/mol. The number of para-hydroxylation sites is 2. The van der Waals surface area contributed by atoms with Crippen LogP contribution in [0.25, 0.3) is 0 Å². The molecule has 6 heteroatoms. The molecule has 4 rings (SSSR count). The predicted octanol–water partition coefficient (Wildman–Crippen LogP) is 3.62. The van der Waals surface area contributed by atoms with Crippen LogP contribution in [0, 0.1) is 0 Å². The molecule has 0 atom stereocenters. The van der Waals surface area contributed by atoms with Gasteiger partial charge in [0.05, 0.1) is 24.2 Å². The zero-order chi connectivity index (χ0) is 18.5. The van der Waals surface area contributed by atoms with Crippen molar-refractivity contribution >= 4 is 17.4 Å². The number of rotatable bonds is 4. The van der Waals surface area contributed by atoms with E-state index in [1.165, 1.54) is 19.3 Å². The first-order valence-electron chi connectivity index (χ1n) is 9.94. The molecule has 1 aromatic carbocycles. The number of carbonyl (C=O) groups excluding carboxylic acids is 1. The molecule has 0 radical (unpaired) electrons. The smallest absolute Gasteiger partial charge is 0.321 e. The molecule has 6 nitrogen and oxygen atoms in total. The Morgan fingerprint density at radius 2 is 1.70 bits per heavy atom. The molecule has 2 aliphatic rings. The number of nitrogens with one attached hydrogen (secondary N) is 1. The maximum atomic E-state index is 12.8. The molecule has 27 heavy (non-hydrogen) atoms. The molecule has 0 spiro atoms. The summed E-state index contributed by atoms with van der Waals surface area (Å²) >= 11 is 0. The Morgan fingerprint density at radius 1 is 0.926 bits per heavy atom. The van der Waals surface area contributed by atoms with Gasteiger partial charge in [-0.1, -0.05) is 12.1 Å². The van der Waals surface area contributed by atoms with Crippen LogP contribution in [0.3, 0.4) is 0 Å². The lowest BCUT2D eigenvalue weighted by molar-refractivity contribution is 0.137. The van der Waals surface area contributed by atoms with Gasteiger partial charge >= 0.3 is 6.03 Å². The van der Waals surface area contributed by atoms with E-state index in [0.29, 0.717) is 0 Å². The summed E-state index contributed by atoms with van der Waals surface area (Å²) in [5, 5.41) is 3.15. The van der Waals surface area contributed by atoms with E-state index in [9.17, 15) is 4.79 Å². The Kier molecular flexibility index (Phi) is 5.63. The van der Waals surface area contributed by atoms with Crippen molar-refractivity contribution in [2.24, 2.45) is 0 Å². The van der Waals surface area contributed by atoms with E-state index in [-0.39, 0.29) is 6.03 Å². The summed E-state index contributed by atoms with van der Waals surface area (Å²) in [5.74, 6) is 0.975. The predicted molar refractivity (Wildman–Crippen MR) is 107 cm³/mol. The number of hydrogen-bond acceptors (Lipinski definition) is 4. The second kappa shape index (κ2) is 8.48. The minimum atomic E-state index is -0.00268. The van der Waals surface area contributed by atoms with Gasteiger partial charge in [0.25, 0.3) is 0 Å². The molecule has 2 saturated heterocycles. The van der Waals surface area contributed by atoms with Gasteiger partial charge in [-0.05, 0) is 43.5 Å². The quantitative estimate of drug-likeness (QED) is 0.896. The summed E-state index contributed by atoms with van der Waals surface area (Å²) in [5.41, 5.74) is 2.06. The van der Waals surface area contributed by atoms with Crippen LogP contribution in [0.15, 0.2) is 47.1 Å². The average molecular weight is 368 g/mol. The summed E-state index contributed by atoms with van der Waals surface area (Å²) < 4.78 is 5.42. The summed E-state index contributed by atoms with van der Waals surface area (Å²) in [6, 6.07) is 12.1. The average Bonchev–Trinajstić information content (AvgIpc) is 3.23. The molecule has 1 N–H and O–H groups in total. The first kappa shape index (κ1) is 17.9. The third kappa shape index (κ3) is 4.45. The number of amides is 2. The van der Waals surface area contributed by atoms with Crippen LogP contribution >= 0.6 is 0 Å². The maximum absolute atomic E-state index is 12.8. The van der Waals surface area contributed by atoms with E-state index in [1.807, 2.05) is 35.2 Å². The van der Waals surface area contributed by atoms with Crippen LogP contribution in [0.5, 0.6) is 0 Å². The van der Waals surface area contributed by atoms with Crippen molar-refractivity contribution in [2.75, 3.05) is 49.5 Å². The molecule has 3 heterocycles. The highest BCUT2D eigenvalue weighted by atomic mass is 16.3. The number of anilines is 2. The van der Waals surface area contributed by atoms with E-state index in [0.717, 1.165) is 62.9 Å². The van der Waals surface area contributed by atoms with Crippen molar-refractivity contribution in [3.05, 3.63) is 48.4 Å². The molecule has 0 unspecified atom stereocenters. The first-order valence-corrected chi connectivity index (χ1v) is 9.94. The zero-order valence-electron chi connectivity index (χ0n) is 15.8. The fourth-order valence-electron chi connectivity index (χ4n) is 3.92. The largest absolute Gasteiger partial charge is 0.468 e. The highest BCUT2D eigenvalue weighted by Crippen LogP contribution is 2.28. The minimum absolute atomic E-state index is 0.00268. The Balaban J connectivity index is 1.33. The van der Waals surface area contributed by atoms with Crippen molar-refractivity contribution in [2.45, 2.75) is 25.8 Å². The fourth-order valence-corrected chi connectivity index (χ4v) is 3.92. The van der Waals surface area contributed by atoms with Crippen molar-refractivity contribution in [3.63, 3.8) is 0 Å².